The highest BCUT2D eigenvalue weighted by Gasteiger charge is 2.41. The van der Waals surface area contributed by atoms with E-state index in [9.17, 15) is 4.79 Å². The van der Waals surface area contributed by atoms with E-state index in [0.717, 1.165) is 12.2 Å². The molecule has 0 saturated heterocycles. The van der Waals surface area contributed by atoms with Crippen molar-refractivity contribution >= 4 is 23.4 Å². The molecule has 1 saturated carbocycles. The summed E-state index contributed by atoms with van der Waals surface area (Å²) in [7, 11) is 1.83. The van der Waals surface area contributed by atoms with Crippen LogP contribution in [0.25, 0.3) is 0 Å². The molecule has 0 aliphatic heterocycles. The van der Waals surface area contributed by atoms with Crippen LogP contribution >= 0.6 is 11.8 Å². The van der Waals surface area contributed by atoms with Crippen LogP contribution in [-0.4, -0.2) is 30.5 Å². The number of anilines is 1. The molecule has 0 spiro atoms. The molecular weight excluding hydrogens is 232 g/mol. The number of thioether (sulfide) groups is 1. The molecule has 0 atom stereocenters. The van der Waals surface area contributed by atoms with Crippen LogP contribution in [0.1, 0.15) is 23.2 Å². The van der Waals surface area contributed by atoms with Crippen molar-refractivity contribution in [2.24, 2.45) is 0 Å². The summed E-state index contributed by atoms with van der Waals surface area (Å²) in [5, 5.41) is 6.06. The molecule has 1 aromatic carbocycles. The Kier molecular flexibility index (Phi) is 3.62. The van der Waals surface area contributed by atoms with Crippen LogP contribution in [0.15, 0.2) is 24.3 Å². The van der Waals surface area contributed by atoms with Gasteiger partial charge in [0.05, 0.1) is 5.56 Å². The fourth-order valence-corrected chi connectivity index (χ4v) is 2.56. The van der Waals surface area contributed by atoms with E-state index in [1.54, 1.807) is 0 Å². The number of nitrogens with one attached hydrogen (secondary N) is 2. The number of carbonyl (C=O) groups is 1. The number of rotatable bonds is 5. The summed E-state index contributed by atoms with van der Waals surface area (Å²) in [5.41, 5.74) is 1.59. The number of carbonyl (C=O) groups excluding carboxylic acids is 1. The van der Waals surface area contributed by atoms with Crippen molar-refractivity contribution in [2.45, 2.75) is 17.6 Å². The van der Waals surface area contributed by atoms with Crippen molar-refractivity contribution in [2.75, 3.05) is 25.2 Å². The second kappa shape index (κ2) is 5.00. The quantitative estimate of drug-likeness (QED) is 0.843. The van der Waals surface area contributed by atoms with Crippen molar-refractivity contribution in [1.29, 1.82) is 0 Å². The molecule has 92 valence electrons. The van der Waals surface area contributed by atoms with Crippen LogP contribution < -0.4 is 10.6 Å². The number of benzene rings is 1. The lowest BCUT2D eigenvalue weighted by Crippen LogP contribution is -2.32. The summed E-state index contributed by atoms with van der Waals surface area (Å²) in [5.74, 6) is 0.00951. The summed E-state index contributed by atoms with van der Waals surface area (Å²) in [6, 6.07) is 7.57. The van der Waals surface area contributed by atoms with E-state index in [2.05, 4.69) is 16.9 Å². The highest BCUT2D eigenvalue weighted by atomic mass is 32.2. The largest absolute Gasteiger partial charge is 0.387 e. The van der Waals surface area contributed by atoms with Gasteiger partial charge in [-0.2, -0.15) is 11.8 Å². The fourth-order valence-electron chi connectivity index (χ4n) is 1.83. The zero-order valence-electron chi connectivity index (χ0n) is 10.2. The van der Waals surface area contributed by atoms with Gasteiger partial charge in [-0.05, 0) is 31.2 Å². The Bertz CT molecular complexity index is 416. The Morgan fingerprint density at radius 3 is 2.71 bits per heavy atom. The average Bonchev–Trinajstić information content (AvgIpc) is 3.16. The SMILES string of the molecule is CNc1ccccc1C(=O)NCC1(SC)CC1. The molecular formula is C13H18N2OS. The number of para-hydroxylation sites is 1. The monoisotopic (exact) mass is 250 g/mol. The lowest BCUT2D eigenvalue weighted by Gasteiger charge is -2.14. The van der Waals surface area contributed by atoms with Gasteiger partial charge < -0.3 is 10.6 Å². The molecule has 3 nitrogen and oxygen atoms in total. The van der Waals surface area contributed by atoms with Gasteiger partial charge in [0.2, 0.25) is 0 Å². The van der Waals surface area contributed by atoms with E-state index in [-0.39, 0.29) is 5.91 Å². The molecule has 0 bridgehead atoms. The van der Waals surface area contributed by atoms with E-state index < -0.39 is 0 Å². The van der Waals surface area contributed by atoms with Gasteiger partial charge >= 0.3 is 0 Å². The van der Waals surface area contributed by atoms with Crippen LogP contribution in [0.3, 0.4) is 0 Å². The normalized spacial score (nSPS) is 16.4. The van der Waals surface area contributed by atoms with Crippen LogP contribution in [0, 0.1) is 0 Å². The Labute approximate surface area is 106 Å². The molecule has 1 aromatic rings. The molecule has 4 heteroatoms. The summed E-state index contributed by atoms with van der Waals surface area (Å²) < 4.78 is 0.310. The maximum atomic E-state index is 12.1. The first kappa shape index (κ1) is 12.3. The Balaban J connectivity index is 1.99. The third-order valence-corrected chi connectivity index (χ3v) is 4.67. The van der Waals surface area contributed by atoms with Crippen molar-refractivity contribution < 1.29 is 4.79 Å². The molecule has 0 unspecified atom stereocenters. The van der Waals surface area contributed by atoms with Crippen molar-refractivity contribution in [3.63, 3.8) is 0 Å². The summed E-state index contributed by atoms with van der Waals surface area (Å²) in [6.07, 6.45) is 4.53. The molecule has 1 aliphatic carbocycles. The maximum absolute atomic E-state index is 12.1. The van der Waals surface area contributed by atoms with Crippen molar-refractivity contribution in [3.05, 3.63) is 29.8 Å². The molecule has 2 rings (SSSR count). The van der Waals surface area contributed by atoms with Crippen molar-refractivity contribution in [1.82, 2.24) is 5.32 Å². The lowest BCUT2D eigenvalue weighted by atomic mass is 10.1. The van der Waals surface area contributed by atoms with Crippen LogP contribution in [0.5, 0.6) is 0 Å². The second-order valence-electron chi connectivity index (χ2n) is 4.37. The van der Waals surface area contributed by atoms with Crippen LogP contribution in [0.4, 0.5) is 5.69 Å². The molecule has 0 aromatic heterocycles. The van der Waals surface area contributed by atoms with Crippen molar-refractivity contribution in [3.8, 4) is 0 Å². The maximum Gasteiger partial charge on any atom is 0.253 e. The molecule has 1 aliphatic rings. The van der Waals surface area contributed by atoms with E-state index in [1.165, 1.54) is 12.8 Å². The first-order chi connectivity index (χ1) is 8.21. The highest BCUT2D eigenvalue weighted by Crippen LogP contribution is 2.46. The van der Waals surface area contributed by atoms with Gasteiger partial charge in [-0.25, -0.2) is 0 Å². The van der Waals surface area contributed by atoms with E-state index >= 15 is 0 Å². The zero-order valence-corrected chi connectivity index (χ0v) is 11.1. The first-order valence-electron chi connectivity index (χ1n) is 5.81. The molecule has 0 radical (unpaired) electrons. The van der Waals surface area contributed by atoms with E-state index in [0.29, 0.717) is 10.3 Å². The minimum absolute atomic E-state index is 0.00951. The Morgan fingerprint density at radius 2 is 2.12 bits per heavy atom. The molecule has 1 amide bonds. The predicted molar refractivity (Wildman–Crippen MR) is 73.8 cm³/mol. The summed E-state index contributed by atoms with van der Waals surface area (Å²) >= 11 is 1.85. The molecule has 2 N–H and O–H groups in total. The molecule has 1 fully saturated rings. The minimum Gasteiger partial charge on any atom is -0.387 e. The van der Waals surface area contributed by atoms with Gasteiger partial charge in [0.15, 0.2) is 0 Å². The summed E-state index contributed by atoms with van der Waals surface area (Å²) in [4.78, 5) is 12.1. The van der Waals surface area contributed by atoms with E-state index in [4.69, 9.17) is 0 Å². The van der Waals surface area contributed by atoms with Gasteiger partial charge in [0.25, 0.3) is 5.91 Å². The first-order valence-corrected chi connectivity index (χ1v) is 7.03. The molecule has 17 heavy (non-hydrogen) atoms. The van der Waals surface area contributed by atoms with Gasteiger partial charge in [0, 0.05) is 24.0 Å². The molecule has 0 heterocycles. The lowest BCUT2D eigenvalue weighted by molar-refractivity contribution is 0.0954. The Morgan fingerprint density at radius 1 is 1.41 bits per heavy atom. The van der Waals surface area contributed by atoms with E-state index in [1.807, 2.05) is 43.1 Å². The average molecular weight is 250 g/mol. The van der Waals surface area contributed by atoms with Gasteiger partial charge in [-0.1, -0.05) is 12.1 Å². The van der Waals surface area contributed by atoms with Crippen LogP contribution in [-0.2, 0) is 0 Å². The fraction of sp³-hybridized carbons (Fsp3) is 0.462. The second-order valence-corrected chi connectivity index (χ2v) is 5.64. The third-order valence-electron chi connectivity index (χ3n) is 3.25. The number of amides is 1. The van der Waals surface area contributed by atoms with Gasteiger partial charge in [-0.3, -0.25) is 4.79 Å². The highest BCUT2D eigenvalue weighted by molar-refractivity contribution is 8.00. The van der Waals surface area contributed by atoms with Crippen LogP contribution in [0.2, 0.25) is 0 Å². The predicted octanol–water partition coefficient (Wildman–Crippen LogP) is 2.35. The van der Waals surface area contributed by atoms with Gasteiger partial charge in [-0.15, -0.1) is 0 Å². The standard InChI is InChI=1S/C13H18N2OS/c1-14-11-6-4-3-5-10(11)12(16)15-9-13(17-2)7-8-13/h3-6,14H,7-9H2,1-2H3,(H,15,16). The third kappa shape index (κ3) is 2.75. The summed E-state index contributed by atoms with van der Waals surface area (Å²) in [6.45, 7) is 0.769. The zero-order chi connectivity index (χ0) is 12.3. The topological polar surface area (TPSA) is 41.1 Å². The minimum atomic E-state index is 0.00951. The van der Waals surface area contributed by atoms with Gasteiger partial charge in [0.1, 0.15) is 0 Å². The Hall–Kier alpha value is -1.16. The number of hydrogen-bond acceptors (Lipinski definition) is 3. The smallest absolute Gasteiger partial charge is 0.253 e. The number of hydrogen-bond donors (Lipinski definition) is 2.